The lowest BCUT2D eigenvalue weighted by Crippen LogP contribution is -2.25. The van der Waals surface area contributed by atoms with Gasteiger partial charge in [-0.3, -0.25) is 4.90 Å². The van der Waals surface area contributed by atoms with Crippen LogP contribution in [0.1, 0.15) is 11.1 Å². The Hall–Kier alpha value is -2.07. The number of aromatic nitrogens is 1. The second-order valence-electron chi connectivity index (χ2n) is 6.32. The lowest BCUT2D eigenvalue weighted by Gasteiger charge is -2.20. The highest BCUT2D eigenvalue weighted by Gasteiger charge is 2.20. The second-order valence-corrected chi connectivity index (χ2v) is 7.13. The molecule has 0 atom stereocenters. The highest BCUT2D eigenvalue weighted by molar-refractivity contribution is 6.42. The summed E-state index contributed by atoms with van der Waals surface area (Å²) in [7, 11) is 0. The molecule has 3 aromatic rings. The summed E-state index contributed by atoms with van der Waals surface area (Å²) < 4.78 is 5.92. The Kier molecular flexibility index (Phi) is 5.11. The highest BCUT2D eigenvalue weighted by Crippen LogP contribution is 2.32. The Morgan fingerprint density at radius 1 is 1.00 bits per heavy atom. The van der Waals surface area contributed by atoms with E-state index < -0.39 is 0 Å². The number of fused-ring (bicyclic) bond motifs is 1. The molecule has 5 heteroatoms. The molecule has 3 nitrogen and oxygen atoms in total. The third-order valence-corrected chi connectivity index (χ3v) is 5.26. The number of benzene rings is 2. The van der Waals surface area contributed by atoms with Gasteiger partial charge in [-0.15, -0.1) is 0 Å². The molecule has 0 amide bonds. The molecular formula is C21H18Cl2N2O. The first-order valence-corrected chi connectivity index (χ1v) is 9.29. The fourth-order valence-electron chi connectivity index (χ4n) is 3.24. The molecule has 4 rings (SSSR count). The number of hydrogen-bond donors (Lipinski definition) is 0. The van der Waals surface area contributed by atoms with Crippen molar-refractivity contribution in [3.05, 3.63) is 82.0 Å². The van der Waals surface area contributed by atoms with Crippen LogP contribution in [-0.2, 0) is 13.1 Å². The van der Waals surface area contributed by atoms with E-state index in [0.717, 1.165) is 42.2 Å². The van der Waals surface area contributed by atoms with Crippen molar-refractivity contribution in [3.8, 4) is 17.0 Å². The van der Waals surface area contributed by atoms with Crippen molar-refractivity contribution in [2.45, 2.75) is 13.1 Å². The van der Waals surface area contributed by atoms with E-state index in [4.69, 9.17) is 27.9 Å². The summed E-state index contributed by atoms with van der Waals surface area (Å²) in [5.74, 6) is 0.725. The van der Waals surface area contributed by atoms with Gasteiger partial charge in [0.05, 0.1) is 10.0 Å². The van der Waals surface area contributed by atoms with Crippen LogP contribution in [-0.4, -0.2) is 23.0 Å². The number of ether oxygens (including phenoxy) is 1. The van der Waals surface area contributed by atoms with Crippen molar-refractivity contribution in [2.75, 3.05) is 13.2 Å². The molecule has 0 saturated carbocycles. The van der Waals surface area contributed by atoms with Crippen LogP contribution < -0.4 is 4.74 Å². The second kappa shape index (κ2) is 7.67. The van der Waals surface area contributed by atoms with Crippen LogP contribution in [0.5, 0.6) is 5.88 Å². The molecule has 0 spiro atoms. The fraction of sp³-hybridized carbons (Fsp3) is 0.190. The van der Waals surface area contributed by atoms with Gasteiger partial charge in [-0.2, -0.15) is 0 Å². The molecular weight excluding hydrogens is 367 g/mol. The average Bonchev–Trinajstić information content (AvgIpc) is 2.87. The van der Waals surface area contributed by atoms with Crippen LogP contribution in [0.3, 0.4) is 0 Å². The van der Waals surface area contributed by atoms with E-state index in [1.807, 2.05) is 42.6 Å². The Morgan fingerprint density at radius 3 is 2.65 bits per heavy atom. The van der Waals surface area contributed by atoms with E-state index >= 15 is 0 Å². The Labute approximate surface area is 163 Å². The fourth-order valence-corrected chi connectivity index (χ4v) is 3.56. The van der Waals surface area contributed by atoms with Crippen LogP contribution in [0.15, 0.2) is 60.8 Å². The molecule has 1 aliphatic heterocycles. The van der Waals surface area contributed by atoms with Crippen LogP contribution in [0.2, 0.25) is 10.0 Å². The minimum Gasteiger partial charge on any atom is -0.476 e. The van der Waals surface area contributed by atoms with Gasteiger partial charge < -0.3 is 4.74 Å². The smallest absolute Gasteiger partial charge is 0.218 e. The van der Waals surface area contributed by atoms with E-state index in [0.29, 0.717) is 16.7 Å². The van der Waals surface area contributed by atoms with Gasteiger partial charge in [0.2, 0.25) is 5.88 Å². The number of nitrogens with zero attached hydrogens (tertiary/aromatic N) is 2. The first-order chi connectivity index (χ1) is 12.7. The molecule has 0 N–H and O–H groups in total. The van der Waals surface area contributed by atoms with Gasteiger partial charge >= 0.3 is 0 Å². The van der Waals surface area contributed by atoms with E-state index in [2.05, 4.69) is 28.1 Å². The number of rotatable bonds is 3. The first-order valence-electron chi connectivity index (χ1n) is 8.53. The van der Waals surface area contributed by atoms with Gasteiger partial charge in [-0.05, 0) is 34.9 Å². The van der Waals surface area contributed by atoms with Crippen molar-refractivity contribution in [1.29, 1.82) is 0 Å². The monoisotopic (exact) mass is 384 g/mol. The molecule has 26 heavy (non-hydrogen) atoms. The van der Waals surface area contributed by atoms with Crippen molar-refractivity contribution >= 4 is 23.2 Å². The normalized spacial score (nSPS) is 14.4. The molecule has 0 fully saturated rings. The molecule has 132 valence electrons. The van der Waals surface area contributed by atoms with Gasteiger partial charge in [0.25, 0.3) is 0 Å². The Morgan fingerprint density at radius 2 is 1.85 bits per heavy atom. The zero-order valence-corrected chi connectivity index (χ0v) is 15.7. The Balaban J connectivity index is 1.64. The molecule has 0 bridgehead atoms. The summed E-state index contributed by atoms with van der Waals surface area (Å²) >= 11 is 12.2. The lowest BCUT2D eigenvalue weighted by atomic mass is 10.0. The van der Waals surface area contributed by atoms with Crippen molar-refractivity contribution in [3.63, 3.8) is 0 Å². The van der Waals surface area contributed by atoms with Crippen molar-refractivity contribution < 1.29 is 4.74 Å². The number of hydrogen-bond acceptors (Lipinski definition) is 3. The quantitative estimate of drug-likeness (QED) is 0.600. The third kappa shape index (κ3) is 3.70. The molecule has 0 unspecified atom stereocenters. The zero-order valence-electron chi connectivity index (χ0n) is 14.2. The van der Waals surface area contributed by atoms with Gasteiger partial charge in [-0.25, -0.2) is 4.98 Å². The summed E-state index contributed by atoms with van der Waals surface area (Å²) in [6, 6.07) is 18.2. The summed E-state index contributed by atoms with van der Waals surface area (Å²) in [4.78, 5) is 6.79. The van der Waals surface area contributed by atoms with Crippen LogP contribution in [0.25, 0.3) is 11.1 Å². The predicted octanol–water partition coefficient (Wildman–Crippen LogP) is 5.45. The first kappa shape index (κ1) is 17.3. The van der Waals surface area contributed by atoms with Crippen molar-refractivity contribution in [2.24, 2.45) is 0 Å². The number of halogens is 2. The summed E-state index contributed by atoms with van der Waals surface area (Å²) in [6.45, 7) is 2.99. The maximum absolute atomic E-state index is 6.16. The maximum atomic E-state index is 6.16. The SMILES string of the molecule is Clc1ccc(CN2CCOc3nccc(-c4ccccc4)c3C2)cc1Cl. The van der Waals surface area contributed by atoms with Crippen LogP contribution >= 0.6 is 23.2 Å². The summed E-state index contributed by atoms with van der Waals surface area (Å²) in [5.41, 5.74) is 4.59. The van der Waals surface area contributed by atoms with E-state index in [1.165, 1.54) is 5.56 Å². The minimum absolute atomic E-state index is 0.579. The molecule has 1 aliphatic rings. The van der Waals surface area contributed by atoms with Crippen LogP contribution in [0.4, 0.5) is 0 Å². The molecule has 1 aromatic heterocycles. The predicted molar refractivity (Wildman–Crippen MR) is 106 cm³/mol. The number of pyridine rings is 1. The molecule has 0 saturated heterocycles. The standard InChI is InChI=1S/C21H18Cl2N2O/c22-19-7-6-15(12-20(19)23)13-25-10-11-26-21-18(14-25)17(8-9-24-21)16-4-2-1-3-5-16/h1-9,12H,10-11,13-14H2. The van der Waals surface area contributed by atoms with Gasteiger partial charge in [0, 0.05) is 31.4 Å². The van der Waals surface area contributed by atoms with Gasteiger partial charge in [0.1, 0.15) is 6.61 Å². The maximum Gasteiger partial charge on any atom is 0.218 e. The van der Waals surface area contributed by atoms with Gasteiger partial charge in [0.15, 0.2) is 0 Å². The molecule has 0 radical (unpaired) electrons. The molecule has 2 aromatic carbocycles. The largest absolute Gasteiger partial charge is 0.476 e. The van der Waals surface area contributed by atoms with Crippen molar-refractivity contribution in [1.82, 2.24) is 9.88 Å². The summed E-state index contributed by atoms with van der Waals surface area (Å²) in [6.07, 6.45) is 1.82. The average molecular weight is 385 g/mol. The van der Waals surface area contributed by atoms with Crippen LogP contribution in [0, 0.1) is 0 Å². The van der Waals surface area contributed by atoms with E-state index in [1.54, 1.807) is 0 Å². The molecule has 0 aliphatic carbocycles. The van der Waals surface area contributed by atoms with E-state index in [-0.39, 0.29) is 0 Å². The minimum atomic E-state index is 0.579. The van der Waals surface area contributed by atoms with Gasteiger partial charge in [-0.1, -0.05) is 59.6 Å². The topological polar surface area (TPSA) is 25.4 Å². The highest BCUT2D eigenvalue weighted by atomic mass is 35.5. The third-order valence-electron chi connectivity index (χ3n) is 4.52. The zero-order chi connectivity index (χ0) is 17.9. The lowest BCUT2D eigenvalue weighted by molar-refractivity contribution is 0.217. The molecule has 2 heterocycles. The summed E-state index contributed by atoms with van der Waals surface area (Å²) in [5, 5.41) is 1.16. The Bertz CT molecular complexity index is 915. The van der Waals surface area contributed by atoms with E-state index in [9.17, 15) is 0 Å².